The van der Waals surface area contributed by atoms with Crippen molar-refractivity contribution in [3.63, 3.8) is 0 Å². The normalized spacial score (nSPS) is 16.1. The van der Waals surface area contributed by atoms with Crippen LogP contribution in [-0.4, -0.2) is 18.3 Å². The molecular weight excluding hydrogens is 322 g/mol. The Balaban J connectivity index is 1.75. The van der Waals surface area contributed by atoms with Crippen LogP contribution in [0.5, 0.6) is 0 Å². The third kappa shape index (κ3) is 5.49. The quantitative estimate of drug-likeness (QED) is 0.600. The first kappa shape index (κ1) is 18.3. The Bertz CT molecular complexity index is 654. The lowest BCUT2D eigenvalue weighted by molar-refractivity contribution is 0.516. The molecule has 2 aromatic rings. The highest BCUT2D eigenvalue weighted by Gasteiger charge is 2.14. The first-order valence-electron chi connectivity index (χ1n) is 9.60. The van der Waals surface area contributed by atoms with Crippen LogP contribution in [0.3, 0.4) is 0 Å². The van der Waals surface area contributed by atoms with Crippen molar-refractivity contribution in [2.24, 2.45) is 0 Å². The zero-order valence-electron chi connectivity index (χ0n) is 15.2. The lowest BCUT2D eigenvalue weighted by atomic mass is 9.97. The summed E-state index contributed by atoms with van der Waals surface area (Å²) in [6, 6.07) is 19.9. The smallest absolute Gasteiger partial charge is 0.0144 e. The van der Waals surface area contributed by atoms with Crippen LogP contribution in [-0.2, 0) is 0 Å². The molecule has 0 heterocycles. The van der Waals surface area contributed by atoms with Gasteiger partial charge in [0, 0.05) is 16.7 Å². The summed E-state index contributed by atoms with van der Waals surface area (Å²) in [6.07, 6.45) is 9.30. The summed E-state index contributed by atoms with van der Waals surface area (Å²) in [5.41, 5.74) is 3.90. The molecular formula is C23H29NS. The summed E-state index contributed by atoms with van der Waals surface area (Å²) in [7, 11) is 0. The summed E-state index contributed by atoms with van der Waals surface area (Å²) in [4.78, 5) is 1.41. The van der Waals surface area contributed by atoms with E-state index < -0.39 is 0 Å². The van der Waals surface area contributed by atoms with Gasteiger partial charge in [0.15, 0.2) is 0 Å². The van der Waals surface area contributed by atoms with Crippen LogP contribution in [0.2, 0.25) is 0 Å². The molecule has 1 saturated carbocycles. The van der Waals surface area contributed by atoms with Crippen molar-refractivity contribution in [3.8, 4) is 0 Å². The molecule has 1 aliphatic carbocycles. The van der Waals surface area contributed by atoms with Gasteiger partial charge in [-0.3, -0.25) is 0 Å². The Kier molecular flexibility index (Phi) is 7.20. The molecule has 3 rings (SSSR count). The van der Waals surface area contributed by atoms with Crippen molar-refractivity contribution in [1.82, 2.24) is 5.32 Å². The van der Waals surface area contributed by atoms with E-state index in [0.717, 1.165) is 18.3 Å². The second-order valence-electron chi connectivity index (χ2n) is 6.69. The third-order valence-corrected chi connectivity index (χ3v) is 6.15. The molecule has 1 aliphatic rings. The van der Waals surface area contributed by atoms with E-state index in [1.54, 1.807) is 0 Å². The molecule has 25 heavy (non-hydrogen) atoms. The van der Waals surface area contributed by atoms with Gasteiger partial charge in [0.1, 0.15) is 0 Å². The number of nitrogens with one attached hydrogen (secondary N) is 1. The van der Waals surface area contributed by atoms with Crippen molar-refractivity contribution >= 4 is 17.3 Å². The Morgan fingerprint density at radius 1 is 0.960 bits per heavy atom. The maximum absolute atomic E-state index is 3.40. The molecule has 0 aliphatic heterocycles. The summed E-state index contributed by atoms with van der Waals surface area (Å²) in [5, 5.41) is 4.22. The van der Waals surface area contributed by atoms with Gasteiger partial charge in [0.2, 0.25) is 0 Å². The second-order valence-corrected chi connectivity index (χ2v) is 8.07. The largest absolute Gasteiger partial charge is 0.314 e. The minimum atomic E-state index is 0.817. The van der Waals surface area contributed by atoms with Gasteiger partial charge in [-0.25, -0.2) is 0 Å². The molecule has 132 valence electrons. The predicted molar refractivity (Wildman–Crippen MR) is 111 cm³/mol. The average molecular weight is 352 g/mol. The van der Waals surface area contributed by atoms with Crippen LogP contribution < -0.4 is 5.32 Å². The monoisotopic (exact) mass is 351 g/mol. The lowest BCUT2D eigenvalue weighted by Crippen LogP contribution is -2.12. The molecule has 2 aromatic carbocycles. The topological polar surface area (TPSA) is 12.0 Å². The van der Waals surface area contributed by atoms with Crippen LogP contribution in [0.15, 0.2) is 65.6 Å². The molecule has 0 aromatic heterocycles. The fraction of sp³-hybridized carbons (Fsp3) is 0.391. The van der Waals surface area contributed by atoms with Gasteiger partial charge in [0.05, 0.1) is 0 Å². The van der Waals surface area contributed by atoms with E-state index in [-0.39, 0.29) is 0 Å². The highest BCUT2D eigenvalue weighted by molar-refractivity contribution is 8.00. The van der Waals surface area contributed by atoms with Crippen molar-refractivity contribution in [2.45, 2.75) is 49.2 Å². The van der Waals surface area contributed by atoms with Crippen LogP contribution in [0.4, 0.5) is 0 Å². The molecule has 0 radical (unpaired) electrons. The van der Waals surface area contributed by atoms with Crippen LogP contribution in [0.1, 0.15) is 50.2 Å². The molecule has 0 bridgehead atoms. The number of rotatable bonds is 7. The van der Waals surface area contributed by atoms with Crippen molar-refractivity contribution in [1.29, 1.82) is 0 Å². The maximum Gasteiger partial charge on any atom is 0.0144 e. The Labute approximate surface area is 156 Å². The molecule has 1 fully saturated rings. The highest BCUT2D eigenvalue weighted by atomic mass is 32.2. The number of thioether (sulfide) groups is 1. The molecule has 1 N–H and O–H groups in total. The molecule has 2 heteroatoms. The molecule has 0 amide bonds. The Morgan fingerprint density at radius 2 is 1.64 bits per heavy atom. The van der Waals surface area contributed by atoms with E-state index in [9.17, 15) is 0 Å². The van der Waals surface area contributed by atoms with Crippen molar-refractivity contribution in [3.05, 3.63) is 71.8 Å². The standard InChI is InChI=1S/C23H29NS/c1-2-24-18-17-23(19-9-5-3-6-10-19)20-13-15-22(16-14-20)25-21-11-7-4-8-12-21/h3,5-6,9-10,13-17,21,24H,2,4,7-8,11-12,18H2,1H3. The lowest BCUT2D eigenvalue weighted by Gasteiger charge is -2.21. The van der Waals surface area contributed by atoms with E-state index in [4.69, 9.17) is 0 Å². The summed E-state index contributed by atoms with van der Waals surface area (Å²) >= 11 is 2.07. The minimum Gasteiger partial charge on any atom is -0.314 e. The molecule has 0 atom stereocenters. The van der Waals surface area contributed by atoms with Gasteiger partial charge in [0.25, 0.3) is 0 Å². The Morgan fingerprint density at radius 3 is 2.32 bits per heavy atom. The van der Waals surface area contributed by atoms with Gasteiger partial charge >= 0.3 is 0 Å². The summed E-state index contributed by atoms with van der Waals surface area (Å²) < 4.78 is 0. The molecule has 0 spiro atoms. The fourth-order valence-electron chi connectivity index (χ4n) is 3.43. The van der Waals surface area contributed by atoms with E-state index >= 15 is 0 Å². The second kappa shape index (κ2) is 9.84. The van der Waals surface area contributed by atoms with Gasteiger partial charge in [-0.2, -0.15) is 0 Å². The van der Waals surface area contributed by atoms with Gasteiger partial charge < -0.3 is 5.32 Å². The van der Waals surface area contributed by atoms with E-state index in [1.165, 1.54) is 53.7 Å². The maximum atomic E-state index is 3.40. The first-order valence-corrected chi connectivity index (χ1v) is 10.5. The van der Waals surface area contributed by atoms with Crippen LogP contribution in [0, 0.1) is 0 Å². The predicted octanol–water partition coefficient (Wildman–Crippen LogP) is 6.15. The number of benzene rings is 2. The minimum absolute atomic E-state index is 0.817. The average Bonchev–Trinajstić information content (AvgIpc) is 2.68. The van der Waals surface area contributed by atoms with E-state index in [2.05, 4.69) is 84.7 Å². The van der Waals surface area contributed by atoms with Gasteiger partial charge in [-0.05, 0) is 48.2 Å². The van der Waals surface area contributed by atoms with Crippen LogP contribution >= 0.6 is 11.8 Å². The van der Waals surface area contributed by atoms with Crippen molar-refractivity contribution < 1.29 is 0 Å². The highest BCUT2D eigenvalue weighted by Crippen LogP contribution is 2.34. The van der Waals surface area contributed by atoms with E-state index in [1.807, 2.05) is 0 Å². The number of hydrogen-bond acceptors (Lipinski definition) is 2. The summed E-state index contributed by atoms with van der Waals surface area (Å²) in [6.45, 7) is 4.04. The zero-order chi connectivity index (χ0) is 17.3. The SMILES string of the molecule is CCNCC=C(c1ccccc1)c1ccc(SC2CCCCC2)cc1. The molecule has 0 saturated heterocycles. The van der Waals surface area contributed by atoms with Crippen LogP contribution in [0.25, 0.3) is 5.57 Å². The van der Waals surface area contributed by atoms with E-state index in [0.29, 0.717) is 0 Å². The molecule has 1 nitrogen and oxygen atoms in total. The number of likely N-dealkylation sites (N-methyl/N-ethyl adjacent to an activating group) is 1. The third-order valence-electron chi connectivity index (χ3n) is 4.81. The summed E-state index contributed by atoms with van der Waals surface area (Å²) in [5.74, 6) is 0. The first-order chi connectivity index (χ1) is 12.4. The van der Waals surface area contributed by atoms with Gasteiger partial charge in [-0.1, -0.05) is 74.7 Å². The van der Waals surface area contributed by atoms with Crippen molar-refractivity contribution in [2.75, 3.05) is 13.1 Å². The number of hydrogen-bond donors (Lipinski definition) is 1. The zero-order valence-corrected chi connectivity index (χ0v) is 16.0. The fourth-order valence-corrected chi connectivity index (χ4v) is 4.67. The molecule has 0 unspecified atom stereocenters. The Hall–Kier alpha value is -1.51. The van der Waals surface area contributed by atoms with Gasteiger partial charge in [-0.15, -0.1) is 11.8 Å².